The fourth-order valence-corrected chi connectivity index (χ4v) is 5.84. The van der Waals surface area contributed by atoms with Crippen molar-refractivity contribution in [2.45, 2.75) is 76.0 Å². The van der Waals surface area contributed by atoms with E-state index in [-0.39, 0.29) is 6.10 Å². The summed E-state index contributed by atoms with van der Waals surface area (Å²) in [7, 11) is 0. The Morgan fingerprint density at radius 2 is 1.56 bits per heavy atom. The van der Waals surface area contributed by atoms with Crippen LogP contribution < -0.4 is 5.32 Å². The van der Waals surface area contributed by atoms with E-state index in [9.17, 15) is 5.11 Å². The van der Waals surface area contributed by atoms with Gasteiger partial charge in [-0.2, -0.15) is 0 Å². The monoisotopic (exact) mass is 249 g/mol. The molecule has 0 spiro atoms. The maximum atomic E-state index is 10.1. The van der Waals surface area contributed by atoms with Gasteiger partial charge in [-0.3, -0.25) is 0 Å². The molecule has 7 unspecified atom stereocenters. The molecule has 18 heavy (non-hydrogen) atoms. The summed E-state index contributed by atoms with van der Waals surface area (Å²) in [6, 6.07) is 1.15. The van der Waals surface area contributed by atoms with E-state index in [2.05, 4.69) is 5.32 Å². The van der Waals surface area contributed by atoms with E-state index in [0.717, 1.165) is 36.1 Å². The third-order valence-corrected chi connectivity index (χ3v) is 6.59. The Balaban J connectivity index is 1.41. The first kappa shape index (κ1) is 11.7. The molecule has 2 bridgehead atoms. The van der Waals surface area contributed by atoms with Gasteiger partial charge in [-0.1, -0.05) is 19.3 Å². The SMILES string of the molecule is OC1CCCCC1NC1CC2CC1C1CCCC21. The fourth-order valence-electron chi connectivity index (χ4n) is 5.84. The first-order valence-corrected chi connectivity index (χ1v) is 8.27. The molecule has 4 saturated carbocycles. The number of aliphatic hydroxyl groups is 1. The van der Waals surface area contributed by atoms with Gasteiger partial charge in [-0.25, -0.2) is 0 Å². The van der Waals surface area contributed by atoms with Crippen molar-refractivity contribution in [3.05, 3.63) is 0 Å². The van der Waals surface area contributed by atoms with Crippen LogP contribution in [0.25, 0.3) is 0 Å². The van der Waals surface area contributed by atoms with Crippen LogP contribution in [0.15, 0.2) is 0 Å². The van der Waals surface area contributed by atoms with Crippen LogP contribution in [-0.4, -0.2) is 23.3 Å². The summed E-state index contributed by atoms with van der Waals surface area (Å²) >= 11 is 0. The standard InChI is InChI=1S/C16H27NO/c18-16-7-2-1-6-14(16)17-15-9-10-8-13(15)12-5-3-4-11(10)12/h10-18H,1-9H2. The normalized spacial score (nSPS) is 54.8. The second-order valence-electron chi connectivity index (χ2n) is 7.39. The number of rotatable bonds is 2. The lowest BCUT2D eigenvalue weighted by molar-refractivity contribution is 0.0732. The third kappa shape index (κ3) is 1.76. The van der Waals surface area contributed by atoms with Crippen molar-refractivity contribution < 1.29 is 5.11 Å². The predicted molar refractivity (Wildman–Crippen MR) is 72.2 cm³/mol. The Hall–Kier alpha value is -0.0800. The molecule has 2 heteroatoms. The Kier molecular flexibility index (Phi) is 2.92. The van der Waals surface area contributed by atoms with E-state index < -0.39 is 0 Å². The highest BCUT2D eigenvalue weighted by Gasteiger charge is 2.54. The minimum Gasteiger partial charge on any atom is -0.392 e. The second kappa shape index (κ2) is 4.49. The smallest absolute Gasteiger partial charge is 0.0693 e. The third-order valence-electron chi connectivity index (χ3n) is 6.59. The van der Waals surface area contributed by atoms with Gasteiger partial charge in [-0.15, -0.1) is 0 Å². The van der Waals surface area contributed by atoms with Crippen molar-refractivity contribution in [3.63, 3.8) is 0 Å². The molecule has 0 aliphatic heterocycles. The summed E-state index contributed by atoms with van der Waals surface area (Å²) < 4.78 is 0. The zero-order valence-corrected chi connectivity index (χ0v) is 11.4. The van der Waals surface area contributed by atoms with Crippen LogP contribution in [0.1, 0.15) is 57.8 Å². The average molecular weight is 249 g/mol. The van der Waals surface area contributed by atoms with Gasteiger partial charge in [0.15, 0.2) is 0 Å². The Bertz CT molecular complexity index is 318. The average Bonchev–Trinajstić information content (AvgIpc) is 3.03. The van der Waals surface area contributed by atoms with Crippen molar-refractivity contribution in [2.75, 3.05) is 0 Å². The van der Waals surface area contributed by atoms with Crippen LogP contribution in [0, 0.1) is 23.7 Å². The van der Waals surface area contributed by atoms with E-state index in [1.807, 2.05) is 0 Å². The summed E-state index contributed by atoms with van der Waals surface area (Å²) in [5.41, 5.74) is 0. The van der Waals surface area contributed by atoms with Crippen molar-refractivity contribution >= 4 is 0 Å². The maximum absolute atomic E-state index is 10.1. The lowest BCUT2D eigenvalue weighted by atomic mass is 9.78. The topological polar surface area (TPSA) is 32.3 Å². The van der Waals surface area contributed by atoms with Gasteiger partial charge in [0.25, 0.3) is 0 Å². The second-order valence-corrected chi connectivity index (χ2v) is 7.39. The summed E-state index contributed by atoms with van der Waals surface area (Å²) in [5.74, 6) is 4.11. The quantitative estimate of drug-likeness (QED) is 0.788. The largest absolute Gasteiger partial charge is 0.392 e. The number of aliphatic hydroxyl groups excluding tert-OH is 1. The summed E-state index contributed by atoms with van der Waals surface area (Å²) in [6.07, 6.45) is 12.1. The molecule has 2 nitrogen and oxygen atoms in total. The molecule has 0 radical (unpaired) electrons. The number of hydrogen-bond donors (Lipinski definition) is 2. The van der Waals surface area contributed by atoms with Gasteiger partial charge in [0.1, 0.15) is 0 Å². The van der Waals surface area contributed by atoms with Gasteiger partial charge in [0, 0.05) is 12.1 Å². The highest BCUT2D eigenvalue weighted by atomic mass is 16.3. The van der Waals surface area contributed by atoms with Crippen LogP contribution in [0.5, 0.6) is 0 Å². The van der Waals surface area contributed by atoms with Crippen molar-refractivity contribution in [1.29, 1.82) is 0 Å². The molecular formula is C16H27NO. The van der Waals surface area contributed by atoms with E-state index >= 15 is 0 Å². The number of hydrogen-bond acceptors (Lipinski definition) is 2. The Morgan fingerprint density at radius 1 is 0.722 bits per heavy atom. The van der Waals surface area contributed by atoms with Crippen molar-refractivity contribution in [3.8, 4) is 0 Å². The van der Waals surface area contributed by atoms with E-state index in [0.29, 0.717) is 6.04 Å². The van der Waals surface area contributed by atoms with E-state index in [1.54, 1.807) is 0 Å². The molecule has 2 N–H and O–H groups in total. The van der Waals surface area contributed by atoms with Gasteiger partial charge < -0.3 is 10.4 Å². The van der Waals surface area contributed by atoms with Crippen LogP contribution in [0.2, 0.25) is 0 Å². The molecule has 0 aromatic carbocycles. The molecule has 0 heterocycles. The van der Waals surface area contributed by atoms with Crippen LogP contribution in [0.3, 0.4) is 0 Å². The van der Waals surface area contributed by atoms with Gasteiger partial charge in [0.2, 0.25) is 0 Å². The number of nitrogens with one attached hydrogen (secondary N) is 1. The molecule has 7 atom stereocenters. The lowest BCUT2D eigenvalue weighted by Gasteiger charge is -2.37. The highest BCUT2D eigenvalue weighted by molar-refractivity contribution is 5.06. The first-order chi connectivity index (χ1) is 8.83. The Morgan fingerprint density at radius 3 is 2.44 bits per heavy atom. The minimum absolute atomic E-state index is 0.0720. The van der Waals surface area contributed by atoms with Gasteiger partial charge >= 0.3 is 0 Å². The fraction of sp³-hybridized carbons (Fsp3) is 1.00. The molecule has 0 aromatic rings. The highest BCUT2D eigenvalue weighted by Crippen LogP contribution is 2.58. The molecule has 0 amide bonds. The molecule has 0 saturated heterocycles. The molecule has 4 fully saturated rings. The summed E-state index contributed by atoms with van der Waals surface area (Å²) in [4.78, 5) is 0. The molecular weight excluding hydrogens is 222 g/mol. The van der Waals surface area contributed by atoms with Crippen molar-refractivity contribution in [2.24, 2.45) is 23.7 Å². The predicted octanol–water partition coefficient (Wildman–Crippen LogP) is 2.70. The maximum Gasteiger partial charge on any atom is 0.0693 e. The minimum atomic E-state index is -0.0720. The molecule has 4 aliphatic carbocycles. The zero-order chi connectivity index (χ0) is 12.1. The van der Waals surface area contributed by atoms with E-state index in [4.69, 9.17) is 0 Å². The Labute approximate surface area is 111 Å². The van der Waals surface area contributed by atoms with Crippen LogP contribution in [-0.2, 0) is 0 Å². The molecule has 4 aliphatic rings. The lowest BCUT2D eigenvalue weighted by Crippen LogP contribution is -2.50. The summed E-state index contributed by atoms with van der Waals surface area (Å²) in [6.45, 7) is 0. The van der Waals surface area contributed by atoms with Gasteiger partial charge in [-0.05, 0) is 62.2 Å². The molecule has 102 valence electrons. The van der Waals surface area contributed by atoms with Crippen LogP contribution in [0.4, 0.5) is 0 Å². The van der Waals surface area contributed by atoms with E-state index in [1.165, 1.54) is 51.4 Å². The van der Waals surface area contributed by atoms with Gasteiger partial charge in [0.05, 0.1) is 6.10 Å². The molecule has 4 rings (SSSR count). The van der Waals surface area contributed by atoms with Crippen molar-refractivity contribution in [1.82, 2.24) is 5.32 Å². The zero-order valence-electron chi connectivity index (χ0n) is 11.4. The number of fused-ring (bicyclic) bond motifs is 5. The first-order valence-electron chi connectivity index (χ1n) is 8.27. The van der Waals surface area contributed by atoms with Crippen LogP contribution >= 0.6 is 0 Å². The molecule has 0 aromatic heterocycles. The summed E-state index contributed by atoms with van der Waals surface area (Å²) in [5, 5.41) is 14.0.